The summed E-state index contributed by atoms with van der Waals surface area (Å²) in [7, 11) is 0. The van der Waals surface area contributed by atoms with E-state index in [1.54, 1.807) is 24.7 Å². The lowest BCUT2D eigenvalue weighted by Gasteiger charge is -2.26. The van der Waals surface area contributed by atoms with E-state index >= 15 is 0 Å². The molecule has 1 fully saturated rings. The lowest BCUT2D eigenvalue weighted by atomic mass is 10.0. The minimum atomic E-state index is -0.198. The second kappa shape index (κ2) is 11.5. The Morgan fingerprint density at radius 1 is 1.00 bits per heavy atom. The lowest BCUT2D eigenvalue weighted by Crippen LogP contribution is -2.35. The Morgan fingerprint density at radius 2 is 1.86 bits per heavy atom. The quantitative estimate of drug-likeness (QED) is 0.386. The van der Waals surface area contributed by atoms with Crippen molar-refractivity contribution in [3.63, 3.8) is 0 Å². The van der Waals surface area contributed by atoms with Crippen molar-refractivity contribution in [2.24, 2.45) is 0 Å². The molecule has 0 spiro atoms. The van der Waals surface area contributed by atoms with Crippen LogP contribution in [-0.4, -0.2) is 56.9 Å². The van der Waals surface area contributed by atoms with Crippen LogP contribution in [0, 0.1) is 0 Å². The van der Waals surface area contributed by atoms with Gasteiger partial charge in [0, 0.05) is 67.3 Å². The number of nitrogens with one attached hydrogen (secondary N) is 1. The summed E-state index contributed by atoms with van der Waals surface area (Å²) in [6.07, 6.45) is 12.3. The van der Waals surface area contributed by atoms with E-state index in [-0.39, 0.29) is 5.91 Å². The monoisotopic (exact) mass is 480 g/mol. The average Bonchev–Trinajstić information content (AvgIpc) is 3.38. The van der Waals surface area contributed by atoms with Gasteiger partial charge in [-0.25, -0.2) is 0 Å². The molecule has 1 aliphatic heterocycles. The number of pyridine rings is 2. The normalized spacial score (nSPS) is 14.2. The topological polar surface area (TPSA) is 85.2 Å². The van der Waals surface area contributed by atoms with E-state index in [2.05, 4.69) is 37.4 Å². The number of hydrogen-bond acceptors (Lipinski definition) is 6. The standard InChI is InChI=1S/C28H28N6O2/c35-28(32-25-7-4-22(5-8-25)19-33-13-15-36-16-14-33)9-6-23-17-29-12-10-27(23)24-18-31-34(20-24)21-26-3-1-2-11-30-26/h1-12,17-18,20H,13-16,19,21H2,(H,32,35)/b9-6+. The van der Waals surface area contributed by atoms with E-state index in [0.29, 0.717) is 6.54 Å². The Morgan fingerprint density at radius 3 is 2.67 bits per heavy atom. The molecule has 1 amide bonds. The molecule has 0 unspecified atom stereocenters. The van der Waals surface area contributed by atoms with Gasteiger partial charge in [0.2, 0.25) is 5.91 Å². The number of hydrogen-bond donors (Lipinski definition) is 1. The number of carbonyl (C=O) groups excluding carboxylic acids is 1. The van der Waals surface area contributed by atoms with Gasteiger partial charge < -0.3 is 10.1 Å². The van der Waals surface area contributed by atoms with E-state index < -0.39 is 0 Å². The van der Waals surface area contributed by atoms with Gasteiger partial charge in [-0.3, -0.25) is 24.3 Å². The van der Waals surface area contributed by atoms with Gasteiger partial charge in [-0.1, -0.05) is 18.2 Å². The summed E-state index contributed by atoms with van der Waals surface area (Å²) in [5.41, 5.74) is 5.66. The number of morpholine rings is 1. The molecule has 4 heterocycles. The number of carbonyl (C=O) groups is 1. The van der Waals surface area contributed by atoms with Crippen molar-refractivity contribution >= 4 is 17.7 Å². The Bertz CT molecular complexity index is 1310. The minimum Gasteiger partial charge on any atom is -0.379 e. The fraction of sp³-hybridized carbons (Fsp3) is 0.214. The summed E-state index contributed by atoms with van der Waals surface area (Å²) in [4.78, 5) is 23.5. The SMILES string of the molecule is O=C(/C=C/c1cnccc1-c1cnn(Cc2ccccn2)c1)Nc1ccc(CN2CCOCC2)cc1. The average molecular weight is 481 g/mol. The minimum absolute atomic E-state index is 0.198. The largest absolute Gasteiger partial charge is 0.379 e. The van der Waals surface area contributed by atoms with Gasteiger partial charge in [-0.2, -0.15) is 5.10 Å². The first-order valence-corrected chi connectivity index (χ1v) is 12.0. The summed E-state index contributed by atoms with van der Waals surface area (Å²) in [5, 5.41) is 7.40. The summed E-state index contributed by atoms with van der Waals surface area (Å²) in [5.74, 6) is -0.198. The Balaban J connectivity index is 1.21. The summed E-state index contributed by atoms with van der Waals surface area (Å²) in [6.45, 7) is 4.94. The van der Waals surface area contributed by atoms with Gasteiger partial charge in [0.1, 0.15) is 0 Å². The van der Waals surface area contributed by atoms with Crippen molar-refractivity contribution < 1.29 is 9.53 Å². The number of nitrogens with zero attached hydrogens (tertiary/aromatic N) is 5. The summed E-state index contributed by atoms with van der Waals surface area (Å²) >= 11 is 0. The fourth-order valence-corrected chi connectivity index (χ4v) is 4.11. The van der Waals surface area contributed by atoms with Gasteiger partial charge in [-0.15, -0.1) is 0 Å². The zero-order valence-electron chi connectivity index (χ0n) is 20.0. The molecule has 0 bridgehead atoms. The van der Waals surface area contributed by atoms with Crippen LogP contribution in [0.15, 0.2) is 85.6 Å². The number of ether oxygens (including phenoxy) is 1. The third-order valence-electron chi connectivity index (χ3n) is 5.99. The number of rotatable bonds is 8. The van der Waals surface area contributed by atoms with Crippen molar-refractivity contribution in [3.8, 4) is 11.1 Å². The van der Waals surface area contributed by atoms with Crippen LogP contribution in [0.1, 0.15) is 16.8 Å². The molecule has 8 nitrogen and oxygen atoms in total. The molecule has 1 N–H and O–H groups in total. The van der Waals surface area contributed by atoms with Gasteiger partial charge in [-0.05, 0) is 47.5 Å². The van der Waals surface area contributed by atoms with Crippen LogP contribution in [0.5, 0.6) is 0 Å². The van der Waals surface area contributed by atoms with Crippen molar-refractivity contribution in [2.75, 3.05) is 31.6 Å². The predicted octanol–water partition coefficient (Wildman–Crippen LogP) is 3.87. The third kappa shape index (κ3) is 6.29. The maximum absolute atomic E-state index is 12.6. The highest BCUT2D eigenvalue weighted by atomic mass is 16.5. The van der Waals surface area contributed by atoms with Gasteiger partial charge >= 0.3 is 0 Å². The maximum Gasteiger partial charge on any atom is 0.248 e. The zero-order chi connectivity index (χ0) is 24.6. The molecule has 5 rings (SSSR count). The second-order valence-electron chi connectivity index (χ2n) is 8.62. The van der Waals surface area contributed by atoms with Crippen LogP contribution in [0.4, 0.5) is 5.69 Å². The number of amides is 1. The fourth-order valence-electron chi connectivity index (χ4n) is 4.11. The molecule has 1 aromatic carbocycles. The summed E-state index contributed by atoms with van der Waals surface area (Å²) < 4.78 is 7.25. The molecule has 1 aliphatic rings. The van der Waals surface area contributed by atoms with Crippen LogP contribution < -0.4 is 5.32 Å². The molecule has 8 heteroatoms. The molecule has 182 valence electrons. The highest BCUT2D eigenvalue weighted by Crippen LogP contribution is 2.24. The van der Waals surface area contributed by atoms with E-state index in [0.717, 1.165) is 60.9 Å². The van der Waals surface area contributed by atoms with Crippen LogP contribution >= 0.6 is 0 Å². The van der Waals surface area contributed by atoms with Gasteiger partial charge in [0.05, 0.1) is 31.6 Å². The molecular weight excluding hydrogens is 452 g/mol. The second-order valence-corrected chi connectivity index (χ2v) is 8.62. The molecule has 36 heavy (non-hydrogen) atoms. The Kier molecular flexibility index (Phi) is 7.55. The highest BCUT2D eigenvalue weighted by molar-refractivity contribution is 6.02. The van der Waals surface area contributed by atoms with Crippen LogP contribution in [0.2, 0.25) is 0 Å². The van der Waals surface area contributed by atoms with E-state index in [1.807, 2.05) is 53.5 Å². The Hall–Kier alpha value is -4.14. The summed E-state index contributed by atoms with van der Waals surface area (Å²) in [6, 6.07) is 15.7. The maximum atomic E-state index is 12.6. The van der Waals surface area contributed by atoms with Crippen molar-refractivity contribution in [1.82, 2.24) is 24.6 Å². The van der Waals surface area contributed by atoms with E-state index in [9.17, 15) is 4.79 Å². The molecule has 0 saturated carbocycles. The molecule has 4 aromatic rings. The van der Waals surface area contributed by atoms with Crippen LogP contribution in [-0.2, 0) is 22.6 Å². The first kappa shape index (κ1) is 23.6. The van der Waals surface area contributed by atoms with Crippen molar-refractivity contribution in [1.29, 1.82) is 0 Å². The number of anilines is 1. The predicted molar refractivity (Wildman–Crippen MR) is 139 cm³/mol. The number of benzene rings is 1. The first-order valence-electron chi connectivity index (χ1n) is 12.0. The molecule has 0 aliphatic carbocycles. The smallest absolute Gasteiger partial charge is 0.248 e. The van der Waals surface area contributed by atoms with Crippen LogP contribution in [0.3, 0.4) is 0 Å². The van der Waals surface area contributed by atoms with E-state index in [4.69, 9.17) is 4.74 Å². The highest BCUT2D eigenvalue weighted by Gasteiger charge is 2.11. The van der Waals surface area contributed by atoms with Crippen molar-refractivity contribution in [2.45, 2.75) is 13.1 Å². The molecule has 0 radical (unpaired) electrons. The zero-order valence-corrected chi connectivity index (χ0v) is 20.0. The Labute approximate surface area is 210 Å². The third-order valence-corrected chi connectivity index (χ3v) is 5.99. The first-order chi connectivity index (χ1) is 17.7. The number of aromatic nitrogens is 4. The van der Waals surface area contributed by atoms with Crippen LogP contribution in [0.25, 0.3) is 17.2 Å². The molecule has 1 saturated heterocycles. The van der Waals surface area contributed by atoms with Crippen molar-refractivity contribution in [3.05, 3.63) is 102 Å². The lowest BCUT2D eigenvalue weighted by molar-refractivity contribution is -0.111. The van der Waals surface area contributed by atoms with E-state index in [1.165, 1.54) is 11.6 Å². The molecular formula is C28H28N6O2. The molecule has 3 aromatic heterocycles. The van der Waals surface area contributed by atoms with Gasteiger partial charge in [0.25, 0.3) is 0 Å². The van der Waals surface area contributed by atoms with Gasteiger partial charge in [0.15, 0.2) is 0 Å². The molecule has 0 atom stereocenters.